The number of esters is 1. The topological polar surface area (TPSA) is 83.1 Å². The summed E-state index contributed by atoms with van der Waals surface area (Å²) in [6, 6.07) is 14.2. The summed E-state index contributed by atoms with van der Waals surface area (Å²) in [6.45, 7) is 9.73. The molecule has 0 aromatic heterocycles. The molecule has 176 valence electrons. The molecule has 0 saturated carbocycles. The van der Waals surface area contributed by atoms with Crippen LogP contribution in [0.15, 0.2) is 48.5 Å². The van der Waals surface area contributed by atoms with E-state index in [0.29, 0.717) is 12.2 Å². The lowest BCUT2D eigenvalue weighted by atomic mass is 9.76. The molecule has 8 heteroatoms. The number of aryl methyl sites for hydroxylation is 1. The lowest BCUT2D eigenvalue weighted by Gasteiger charge is -2.32. The number of hydrogen-bond donors (Lipinski definition) is 1. The van der Waals surface area contributed by atoms with Crippen LogP contribution in [0.4, 0.5) is 0 Å². The normalized spacial score (nSPS) is 17.3. The van der Waals surface area contributed by atoms with Crippen LogP contribution in [0.5, 0.6) is 5.75 Å². The minimum atomic E-state index is -0.799. The summed E-state index contributed by atoms with van der Waals surface area (Å²) in [5, 5.41) is 2.70. The predicted molar refractivity (Wildman–Crippen MR) is 126 cm³/mol. The zero-order valence-electron chi connectivity index (χ0n) is 20.1. The molecule has 2 aromatic rings. The van der Waals surface area contributed by atoms with E-state index >= 15 is 0 Å². The lowest BCUT2D eigenvalue weighted by molar-refractivity contribution is -0.145. The standard InChI is InChI=1S/C25H32BNO6/c1-17-12-13-19(15-20(17)26-32-24(2,3)25(4,5)33-26)31-16-22(28)27-21(23(29)30-6)14-18-10-8-7-9-11-18/h7-13,15,21H,14,16H2,1-6H3,(H,27,28)/t21-/m1/s1. The summed E-state index contributed by atoms with van der Waals surface area (Å²) in [6.07, 6.45) is 0.329. The van der Waals surface area contributed by atoms with Crippen LogP contribution in [0.3, 0.4) is 0 Å². The summed E-state index contributed by atoms with van der Waals surface area (Å²) >= 11 is 0. The third-order valence-electron chi connectivity index (χ3n) is 6.23. The Hall–Kier alpha value is -2.84. The maximum absolute atomic E-state index is 12.5. The molecule has 1 N–H and O–H groups in total. The number of carbonyl (C=O) groups is 2. The molecule has 3 rings (SSSR count). The zero-order valence-corrected chi connectivity index (χ0v) is 20.1. The molecule has 0 unspecified atom stereocenters. The number of nitrogens with one attached hydrogen (secondary N) is 1. The van der Waals surface area contributed by atoms with Gasteiger partial charge in [0.2, 0.25) is 0 Å². The highest BCUT2D eigenvalue weighted by molar-refractivity contribution is 6.62. The molecule has 7 nitrogen and oxygen atoms in total. The van der Waals surface area contributed by atoms with Crippen molar-refractivity contribution < 1.29 is 28.4 Å². The average molecular weight is 453 g/mol. The Balaban J connectivity index is 1.64. The van der Waals surface area contributed by atoms with Crippen LogP contribution in [0.2, 0.25) is 0 Å². The SMILES string of the molecule is COC(=O)[C@@H](Cc1ccccc1)NC(=O)COc1ccc(C)c(B2OC(C)(C)C(C)(C)O2)c1. The fraction of sp³-hybridized carbons (Fsp3) is 0.440. The average Bonchev–Trinajstić information content (AvgIpc) is 2.99. The van der Waals surface area contributed by atoms with Gasteiger partial charge >= 0.3 is 13.1 Å². The van der Waals surface area contributed by atoms with Crippen LogP contribution in [0.1, 0.15) is 38.8 Å². The zero-order chi connectivity index (χ0) is 24.2. The summed E-state index contributed by atoms with van der Waals surface area (Å²) in [5.41, 5.74) is 1.85. The maximum Gasteiger partial charge on any atom is 0.495 e. The molecular weight excluding hydrogens is 421 g/mol. The molecule has 1 fully saturated rings. The molecular formula is C25H32BNO6. The van der Waals surface area contributed by atoms with Crippen molar-refractivity contribution in [3.63, 3.8) is 0 Å². The van der Waals surface area contributed by atoms with Gasteiger partial charge in [-0.25, -0.2) is 4.79 Å². The van der Waals surface area contributed by atoms with Crippen molar-refractivity contribution in [2.24, 2.45) is 0 Å². The van der Waals surface area contributed by atoms with E-state index in [9.17, 15) is 9.59 Å². The van der Waals surface area contributed by atoms with Crippen LogP contribution in [-0.2, 0) is 30.1 Å². The molecule has 1 saturated heterocycles. The highest BCUT2D eigenvalue weighted by atomic mass is 16.7. The fourth-order valence-corrected chi connectivity index (χ4v) is 3.50. The lowest BCUT2D eigenvalue weighted by Crippen LogP contribution is -2.45. The van der Waals surface area contributed by atoms with Gasteiger partial charge in [0.05, 0.1) is 18.3 Å². The summed E-state index contributed by atoms with van der Waals surface area (Å²) in [5.74, 6) is -0.414. The Morgan fingerprint density at radius 1 is 1.03 bits per heavy atom. The number of hydrogen-bond acceptors (Lipinski definition) is 6. The molecule has 1 aliphatic heterocycles. The Labute approximate surface area is 195 Å². The largest absolute Gasteiger partial charge is 0.495 e. The van der Waals surface area contributed by atoms with Gasteiger partial charge < -0.3 is 24.1 Å². The number of amides is 1. The van der Waals surface area contributed by atoms with Crippen LogP contribution in [0.25, 0.3) is 0 Å². The van der Waals surface area contributed by atoms with Crippen molar-refractivity contribution in [2.45, 2.75) is 58.3 Å². The van der Waals surface area contributed by atoms with E-state index in [4.69, 9.17) is 18.8 Å². The van der Waals surface area contributed by atoms with E-state index in [2.05, 4.69) is 5.32 Å². The molecule has 0 bridgehead atoms. The molecule has 33 heavy (non-hydrogen) atoms. The van der Waals surface area contributed by atoms with E-state index in [1.165, 1.54) is 7.11 Å². The van der Waals surface area contributed by atoms with Crippen molar-refractivity contribution in [1.29, 1.82) is 0 Å². The van der Waals surface area contributed by atoms with Crippen molar-refractivity contribution in [1.82, 2.24) is 5.32 Å². The number of ether oxygens (including phenoxy) is 2. The molecule has 1 heterocycles. The van der Waals surface area contributed by atoms with Gasteiger partial charge in [-0.15, -0.1) is 0 Å². The highest BCUT2D eigenvalue weighted by Gasteiger charge is 2.52. The highest BCUT2D eigenvalue weighted by Crippen LogP contribution is 2.36. The second-order valence-electron chi connectivity index (χ2n) is 9.23. The molecule has 1 atom stereocenters. The maximum atomic E-state index is 12.5. The van der Waals surface area contributed by atoms with Gasteiger partial charge in [0, 0.05) is 6.42 Å². The third kappa shape index (κ3) is 5.95. The van der Waals surface area contributed by atoms with Crippen molar-refractivity contribution in [2.75, 3.05) is 13.7 Å². The van der Waals surface area contributed by atoms with Crippen LogP contribution >= 0.6 is 0 Å². The monoisotopic (exact) mass is 453 g/mol. The van der Waals surface area contributed by atoms with E-state index in [1.807, 2.05) is 77.1 Å². The molecule has 1 aliphatic rings. The Kier molecular flexibility index (Phi) is 7.49. The third-order valence-corrected chi connectivity index (χ3v) is 6.23. The van der Waals surface area contributed by atoms with Crippen molar-refractivity contribution in [3.8, 4) is 5.75 Å². The van der Waals surface area contributed by atoms with Crippen LogP contribution < -0.4 is 15.5 Å². The smallest absolute Gasteiger partial charge is 0.484 e. The van der Waals surface area contributed by atoms with Crippen molar-refractivity contribution in [3.05, 3.63) is 59.7 Å². The molecule has 0 radical (unpaired) electrons. The van der Waals surface area contributed by atoms with Gasteiger partial charge in [-0.3, -0.25) is 4.79 Å². The summed E-state index contributed by atoms with van der Waals surface area (Å²) in [4.78, 5) is 24.7. The van der Waals surface area contributed by atoms with Gasteiger partial charge in [-0.05, 0) is 57.8 Å². The first-order valence-electron chi connectivity index (χ1n) is 11.0. The fourth-order valence-electron chi connectivity index (χ4n) is 3.50. The number of methoxy groups -OCH3 is 1. The van der Waals surface area contributed by atoms with Crippen molar-refractivity contribution >= 4 is 24.5 Å². The van der Waals surface area contributed by atoms with Gasteiger partial charge in [0.15, 0.2) is 6.61 Å². The van der Waals surface area contributed by atoms with E-state index in [-0.39, 0.29) is 6.61 Å². The van der Waals surface area contributed by atoms with Gasteiger partial charge in [-0.2, -0.15) is 0 Å². The van der Waals surface area contributed by atoms with E-state index in [1.54, 1.807) is 6.07 Å². The predicted octanol–water partition coefficient (Wildman–Crippen LogP) is 2.57. The molecule has 0 spiro atoms. The second kappa shape index (κ2) is 9.97. The molecule has 1 amide bonds. The van der Waals surface area contributed by atoms with E-state index in [0.717, 1.165) is 16.6 Å². The summed E-state index contributed by atoms with van der Waals surface area (Å²) in [7, 11) is 0.772. The molecule has 2 aromatic carbocycles. The quantitative estimate of drug-likeness (QED) is 0.489. The second-order valence-corrected chi connectivity index (χ2v) is 9.23. The van der Waals surface area contributed by atoms with Crippen LogP contribution in [0, 0.1) is 6.92 Å². The number of carbonyl (C=O) groups excluding carboxylic acids is 2. The summed E-state index contributed by atoms with van der Waals surface area (Å²) < 4.78 is 22.9. The Morgan fingerprint density at radius 2 is 1.67 bits per heavy atom. The first kappa shape index (κ1) is 24.8. The Bertz CT molecular complexity index is 976. The molecule has 0 aliphatic carbocycles. The number of rotatable bonds is 8. The Morgan fingerprint density at radius 3 is 2.27 bits per heavy atom. The first-order chi connectivity index (χ1) is 15.5. The van der Waals surface area contributed by atoms with E-state index < -0.39 is 36.2 Å². The number of benzene rings is 2. The van der Waals surface area contributed by atoms with Gasteiger partial charge in [-0.1, -0.05) is 42.0 Å². The van der Waals surface area contributed by atoms with Gasteiger partial charge in [0.25, 0.3) is 5.91 Å². The minimum absolute atomic E-state index is 0.242. The van der Waals surface area contributed by atoms with Crippen LogP contribution in [-0.4, -0.2) is 50.0 Å². The van der Waals surface area contributed by atoms with Gasteiger partial charge in [0.1, 0.15) is 11.8 Å². The minimum Gasteiger partial charge on any atom is -0.484 e. The first-order valence-corrected chi connectivity index (χ1v) is 11.0.